The van der Waals surface area contributed by atoms with Crippen molar-refractivity contribution in [1.82, 2.24) is 5.32 Å². The maximum absolute atomic E-state index is 12.5. The third kappa shape index (κ3) is 3.46. The fourth-order valence-electron chi connectivity index (χ4n) is 2.92. The van der Waals surface area contributed by atoms with Crippen LogP contribution in [-0.4, -0.2) is 25.7 Å². The fourth-order valence-corrected chi connectivity index (χ4v) is 3.04. The number of esters is 2. The van der Waals surface area contributed by atoms with Crippen LogP contribution in [0, 0.1) is 5.92 Å². The zero-order valence-electron chi connectivity index (χ0n) is 13.9. The SMILES string of the molecule is C=C1NC(C)=C(C(=O)OC)C(c2ccc(Cl)cc2)C1C(=O)OCC. The van der Waals surface area contributed by atoms with Gasteiger partial charge in [0.25, 0.3) is 0 Å². The number of hydrogen-bond acceptors (Lipinski definition) is 5. The van der Waals surface area contributed by atoms with Gasteiger partial charge in [-0.25, -0.2) is 4.79 Å². The lowest BCUT2D eigenvalue weighted by atomic mass is 9.75. The zero-order valence-corrected chi connectivity index (χ0v) is 14.6. The molecular weight excluding hydrogens is 330 g/mol. The minimum atomic E-state index is -0.732. The van der Waals surface area contributed by atoms with E-state index in [4.69, 9.17) is 21.1 Å². The molecule has 128 valence electrons. The maximum Gasteiger partial charge on any atom is 0.336 e. The molecule has 1 aliphatic rings. The number of hydrogen-bond donors (Lipinski definition) is 1. The molecule has 0 spiro atoms. The highest BCUT2D eigenvalue weighted by atomic mass is 35.5. The Morgan fingerprint density at radius 1 is 1.29 bits per heavy atom. The number of halogens is 1. The summed E-state index contributed by atoms with van der Waals surface area (Å²) in [6, 6.07) is 7.00. The molecule has 1 aromatic carbocycles. The third-order valence-corrected chi connectivity index (χ3v) is 4.20. The van der Waals surface area contributed by atoms with Gasteiger partial charge in [0, 0.05) is 22.3 Å². The van der Waals surface area contributed by atoms with Crippen molar-refractivity contribution in [2.45, 2.75) is 19.8 Å². The molecular formula is C18H20ClNO4. The summed E-state index contributed by atoms with van der Waals surface area (Å²) < 4.78 is 10.1. The Morgan fingerprint density at radius 2 is 1.92 bits per heavy atom. The zero-order chi connectivity index (χ0) is 17.9. The first-order valence-corrected chi connectivity index (χ1v) is 7.95. The van der Waals surface area contributed by atoms with Gasteiger partial charge in [-0.2, -0.15) is 0 Å². The van der Waals surface area contributed by atoms with Crippen LogP contribution in [0.4, 0.5) is 0 Å². The van der Waals surface area contributed by atoms with Crippen LogP contribution in [0.2, 0.25) is 5.02 Å². The monoisotopic (exact) mass is 349 g/mol. The fraction of sp³-hybridized carbons (Fsp3) is 0.333. The number of carbonyl (C=O) groups is 2. The Hall–Kier alpha value is -2.27. The first-order chi connectivity index (χ1) is 11.4. The molecule has 2 rings (SSSR count). The van der Waals surface area contributed by atoms with Crippen LogP contribution in [0.3, 0.4) is 0 Å². The number of allylic oxidation sites excluding steroid dienone is 1. The number of ether oxygens (including phenoxy) is 2. The van der Waals surface area contributed by atoms with Crippen LogP contribution in [0.1, 0.15) is 25.3 Å². The minimum Gasteiger partial charge on any atom is -0.466 e. The number of carbonyl (C=O) groups excluding carboxylic acids is 2. The highest BCUT2D eigenvalue weighted by molar-refractivity contribution is 6.30. The van der Waals surface area contributed by atoms with Crippen molar-refractivity contribution in [3.8, 4) is 0 Å². The summed E-state index contributed by atoms with van der Waals surface area (Å²) in [6.45, 7) is 7.66. The Bertz CT molecular complexity index is 693. The lowest BCUT2D eigenvalue weighted by Gasteiger charge is -2.35. The van der Waals surface area contributed by atoms with Gasteiger partial charge in [-0.1, -0.05) is 30.3 Å². The van der Waals surface area contributed by atoms with Crippen molar-refractivity contribution >= 4 is 23.5 Å². The minimum absolute atomic E-state index is 0.242. The summed E-state index contributed by atoms with van der Waals surface area (Å²) in [5, 5.41) is 3.57. The molecule has 1 heterocycles. The lowest BCUT2D eigenvalue weighted by Crippen LogP contribution is -2.39. The first kappa shape index (κ1) is 18.1. The van der Waals surface area contributed by atoms with Crippen molar-refractivity contribution in [2.75, 3.05) is 13.7 Å². The molecule has 0 aromatic heterocycles. The molecule has 1 aromatic rings. The highest BCUT2D eigenvalue weighted by Crippen LogP contribution is 2.41. The molecule has 0 fully saturated rings. The van der Waals surface area contributed by atoms with E-state index >= 15 is 0 Å². The van der Waals surface area contributed by atoms with Crippen LogP contribution in [0.5, 0.6) is 0 Å². The van der Waals surface area contributed by atoms with Crippen LogP contribution < -0.4 is 5.32 Å². The first-order valence-electron chi connectivity index (χ1n) is 7.57. The van der Waals surface area contributed by atoms with E-state index in [0.29, 0.717) is 22.0 Å². The maximum atomic E-state index is 12.5. The average Bonchev–Trinajstić information content (AvgIpc) is 2.54. The van der Waals surface area contributed by atoms with Crippen molar-refractivity contribution < 1.29 is 19.1 Å². The Kier molecular flexibility index (Phi) is 5.67. The van der Waals surface area contributed by atoms with Gasteiger partial charge >= 0.3 is 11.9 Å². The van der Waals surface area contributed by atoms with Crippen molar-refractivity contribution in [3.63, 3.8) is 0 Å². The van der Waals surface area contributed by atoms with E-state index in [1.54, 1.807) is 38.1 Å². The van der Waals surface area contributed by atoms with Crippen LogP contribution in [-0.2, 0) is 19.1 Å². The van der Waals surface area contributed by atoms with Gasteiger partial charge < -0.3 is 14.8 Å². The molecule has 0 aliphatic carbocycles. The number of benzene rings is 1. The van der Waals surface area contributed by atoms with Gasteiger partial charge in [-0.15, -0.1) is 0 Å². The summed E-state index contributed by atoms with van der Waals surface area (Å²) in [6.07, 6.45) is 0. The molecule has 0 bridgehead atoms. The topological polar surface area (TPSA) is 64.6 Å². The second-order valence-corrected chi connectivity index (χ2v) is 5.88. The van der Waals surface area contributed by atoms with E-state index in [-0.39, 0.29) is 6.61 Å². The lowest BCUT2D eigenvalue weighted by molar-refractivity contribution is -0.147. The van der Waals surface area contributed by atoms with Gasteiger partial charge in [0.1, 0.15) is 5.92 Å². The molecule has 24 heavy (non-hydrogen) atoms. The van der Waals surface area contributed by atoms with Crippen molar-refractivity contribution in [3.05, 3.63) is 58.4 Å². The van der Waals surface area contributed by atoms with E-state index in [1.165, 1.54) is 7.11 Å². The number of nitrogens with one attached hydrogen (secondary N) is 1. The quantitative estimate of drug-likeness (QED) is 0.846. The molecule has 0 saturated carbocycles. The van der Waals surface area contributed by atoms with E-state index in [0.717, 1.165) is 5.56 Å². The summed E-state index contributed by atoms with van der Waals surface area (Å²) >= 11 is 5.96. The van der Waals surface area contributed by atoms with E-state index in [2.05, 4.69) is 11.9 Å². The molecule has 1 aliphatic heterocycles. The molecule has 0 amide bonds. The Morgan fingerprint density at radius 3 is 2.46 bits per heavy atom. The molecule has 1 N–H and O–H groups in total. The van der Waals surface area contributed by atoms with E-state index < -0.39 is 23.8 Å². The second-order valence-electron chi connectivity index (χ2n) is 5.44. The summed E-state index contributed by atoms with van der Waals surface area (Å²) in [5.74, 6) is -2.22. The average molecular weight is 350 g/mol. The van der Waals surface area contributed by atoms with Crippen LogP contribution in [0.15, 0.2) is 47.8 Å². The third-order valence-electron chi connectivity index (χ3n) is 3.95. The Balaban J connectivity index is 2.61. The predicted molar refractivity (Wildman–Crippen MR) is 91.3 cm³/mol. The van der Waals surface area contributed by atoms with Gasteiger partial charge in [-0.05, 0) is 31.5 Å². The summed E-state index contributed by atoms with van der Waals surface area (Å²) in [7, 11) is 1.31. The smallest absolute Gasteiger partial charge is 0.336 e. The molecule has 0 saturated heterocycles. The van der Waals surface area contributed by atoms with E-state index in [9.17, 15) is 9.59 Å². The van der Waals surface area contributed by atoms with Gasteiger partial charge in [0.2, 0.25) is 0 Å². The number of methoxy groups -OCH3 is 1. The van der Waals surface area contributed by atoms with Gasteiger partial charge in [0.05, 0.1) is 19.3 Å². The normalized spacial score (nSPS) is 20.4. The summed E-state index contributed by atoms with van der Waals surface area (Å²) in [5.41, 5.74) is 2.23. The van der Waals surface area contributed by atoms with Crippen LogP contribution >= 0.6 is 11.6 Å². The van der Waals surface area contributed by atoms with Gasteiger partial charge in [0.15, 0.2) is 0 Å². The standard InChI is InChI=1S/C18H20ClNO4/c1-5-24-18(22)15-11(3)20-10(2)14(17(21)23-4)16(15)12-6-8-13(19)9-7-12/h6-9,15-16,20H,3,5H2,1-2,4H3. The largest absolute Gasteiger partial charge is 0.466 e. The molecule has 6 heteroatoms. The van der Waals surface area contributed by atoms with Crippen LogP contribution in [0.25, 0.3) is 0 Å². The highest BCUT2D eigenvalue weighted by Gasteiger charge is 2.42. The van der Waals surface area contributed by atoms with Gasteiger partial charge in [-0.3, -0.25) is 4.79 Å². The molecule has 2 atom stereocenters. The molecule has 0 radical (unpaired) electrons. The Labute approximate surface area is 146 Å². The molecule has 5 nitrogen and oxygen atoms in total. The predicted octanol–water partition coefficient (Wildman–Crippen LogP) is 3.17. The van der Waals surface area contributed by atoms with Crippen molar-refractivity contribution in [1.29, 1.82) is 0 Å². The number of rotatable bonds is 4. The summed E-state index contributed by atoms with van der Waals surface area (Å²) in [4.78, 5) is 24.8. The molecule has 2 unspecified atom stereocenters. The van der Waals surface area contributed by atoms with Crippen molar-refractivity contribution in [2.24, 2.45) is 5.92 Å². The van der Waals surface area contributed by atoms with E-state index in [1.807, 2.05) is 0 Å². The second kappa shape index (κ2) is 7.53.